The number of ketones is 1. The molecule has 4 heterocycles. The number of piperidine rings is 3. The molecule has 0 radical (unpaired) electrons. The number of Topliss-reactive ketones (excluding diaryl/α,β-unsaturated/α-hetero) is 1. The number of ether oxygens (including phenoxy) is 1. The third kappa shape index (κ3) is 5.61. The van der Waals surface area contributed by atoms with Gasteiger partial charge in [-0.3, -0.25) is 4.79 Å². The van der Waals surface area contributed by atoms with Crippen molar-refractivity contribution in [3.05, 3.63) is 93.7 Å². The van der Waals surface area contributed by atoms with Gasteiger partial charge in [0, 0.05) is 18.4 Å². The number of alkyl carbamates (subject to hydrolysis) is 1. The monoisotopic (exact) mass is 532 g/mol. The Hall–Kier alpha value is -2.81. The van der Waals surface area contributed by atoms with Gasteiger partial charge in [-0.15, -0.1) is 11.3 Å². The molecule has 2 bridgehead atoms. The van der Waals surface area contributed by atoms with Crippen LogP contribution in [0.3, 0.4) is 0 Å². The number of quaternary nitrogens is 1. The topological polar surface area (TPSA) is 55.4 Å². The zero-order valence-corrected chi connectivity index (χ0v) is 21.1. The summed E-state index contributed by atoms with van der Waals surface area (Å²) in [6, 6.07) is 15.2. The molecular formula is C27H27ClF2N2O3S. The van der Waals surface area contributed by atoms with Crippen LogP contribution >= 0.6 is 11.3 Å². The number of nitrogens with zero attached hydrogens (tertiary/aromatic N) is 1. The molecule has 0 saturated carbocycles. The van der Waals surface area contributed by atoms with Crippen LogP contribution in [0.2, 0.25) is 0 Å². The van der Waals surface area contributed by atoms with Crippen LogP contribution < -0.4 is 17.7 Å². The fourth-order valence-electron chi connectivity index (χ4n) is 5.42. The van der Waals surface area contributed by atoms with Crippen molar-refractivity contribution in [2.45, 2.75) is 25.0 Å². The van der Waals surface area contributed by atoms with Gasteiger partial charge in [-0.25, -0.2) is 13.6 Å². The molecule has 6 rings (SSSR count). The number of carbonyl (C=O) groups is 2. The van der Waals surface area contributed by atoms with Crippen molar-refractivity contribution < 1.29 is 40.0 Å². The summed E-state index contributed by atoms with van der Waals surface area (Å²) in [4.78, 5) is 26.6. The average molecular weight is 533 g/mol. The van der Waals surface area contributed by atoms with Crippen molar-refractivity contribution >= 4 is 23.2 Å². The molecule has 1 aromatic heterocycles. The van der Waals surface area contributed by atoms with E-state index in [0.29, 0.717) is 29.1 Å². The van der Waals surface area contributed by atoms with E-state index in [1.165, 1.54) is 41.7 Å². The van der Waals surface area contributed by atoms with E-state index in [1.807, 2.05) is 17.5 Å². The Balaban J connectivity index is 0.00000304. The Kier molecular flexibility index (Phi) is 8.07. The van der Waals surface area contributed by atoms with Crippen LogP contribution in [-0.4, -0.2) is 48.6 Å². The van der Waals surface area contributed by atoms with Gasteiger partial charge in [0.1, 0.15) is 18.2 Å². The van der Waals surface area contributed by atoms with Gasteiger partial charge in [-0.05, 0) is 41.1 Å². The van der Waals surface area contributed by atoms with E-state index >= 15 is 0 Å². The van der Waals surface area contributed by atoms with Crippen molar-refractivity contribution in [1.82, 2.24) is 5.32 Å². The molecular weight excluding hydrogens is 506 g/mol. The van der Waals surface area contributed by atoms with Gasteiger partial charge in [0.15, 0.2) is 6.10 Å². The normalized spacial score (nSPS) is 23.4. The van der Waals surface area contributed by atoms with Crippen molar-refractivity contribution in [1.29, 1.82) is 0 Å². The van der Waals surface area contributed by atoms with Gasteiger partial charge in [-0.1, -0.05) is 36.4 Å². The first-order valence-electron chi connectivity index (χ1n) is 11.8. The van der Waals surface area contributed by atoms with Gasteiger partial charge < -0.3 is 26.9 Å². The minimum Gasteiger partial charge on any atom is -1.00 e. The van der Waals surface area contributed by atoms with E-state index < -0.39 is 23.8 Å². The number of thiophene rings is 1. The summed E-state index contributed by atoms with van der Waals surface area (Å²) in [5, 5.41) is 4.91. The summed E-state index contributed by atoms with van der Waals surface area (Å²) in [6.07, 6.45) is 0.194. The van der Waals surface area contributed by atoms with Gasteiger partial charge >= 0.3 is 6.09 Å². The fourth-order valence-corrected chi connectivity index (χ4v) is 6.08. The van der Waals surface area contributed by atoms with E-state index in [2.05, 4.69) is 5.32 Å². The zero-order chi connectivity index (χ0) is 24.4. The van der Waals surface area contributed by atoms with Crippen LogP contribution in [0.1, 0.15) is 39.7 Å². The predicted octanol–water partition coefficient (Wildman–Crippen LogP) is 2.34. The highest BCUT2D eigenvalue weighted by Gasteiger charge is 2.47. The lowest BCUT2D eigenvalue weighted by Gasteiger charge is -2.52. The van der Waals surface area contributed by atoms with E-state index in [1.54, 1.807) is 18.2 Å². The highest BCUT2D eigenvalue weighted by Crippen LogP contribution is 2.35. The zero-order valence-electron chi connectivity index (χ0n) is 19.5. The largest absolute Gasteiger partial charge is 1.00 e. The van der Waals surface area contributed by atoms with E-state index in [9.17, 15) is 18.4 Å². The quantitative estimate of drug-likeness (QED) is 0.375. The molecule has 0 spiro atoms. The van der Waals surface area contributed by atoms with Crippen molar-refractivity contribution in [3.63, 3.8) is 0 Å². The molecule has 2 aromatic carbocycles. The minimum atomic E-state index is -1.01. The van der Waals surface area contributed by atoms with Crippen LogP contribution in [0.25, 0.3) is 0 Å². The number of carbonyl (C=O) groups excluding carboxylic acids is 2. The van der Waals surface area contributed by atoms with Gasteiger partial charge in [-0.2, -0.15) is 0 Å². The second-order valence-electron chi connectivity index (χ2n) is 9.48. The molecule has 5 nitrogen and oxygen atoms in total. The summed E-state index contributed by atoms with van der Waals surface area (Å²) < 4.78 is 34.5. The third-order valence-electron chi connectivity index (χ3n) is 7.27. The maximum absolute atomic E-state index is 14.6. The highest BCUT2D eigenvalue weighted by molar-refractivity contribution is 7.12. The Morgan fingerprint density at radius 1 is 1.03 bits per heavy atom. The molecule has 3 saturated heterocycles. The molecule has 2 atom stereocenters. The number of nitrogens with one attached hydrogen (secondary N) is 1. The van der Waals surface area contributed by atoms with E-state index in [4.69, 9.17) is 4.74 Å². The number of rotatable bonds is 7. The molecule has 0 aliphatic carbocycles. The maximum atomic E-state index is 14.6. The molecule has 190 valence electrons. The Bertz CT molecular complexity index is 1200. The predicted molar refractivity (Wildman–Crippen MR) is 129 cm³/mol. The Morgan fingerprint density at radius 2 is 1.75 bits per heavy atom. The van der Waals surface area contributed by atoms with Crippen molar-refractivity contribution in [2.24, 2.45) is 5.92 Å². The van der Waals surface area contributed by atoms with E-state index in [0.717, 1.165) is 30.8 Å². The number of fused-ring (bicyclic) bond motifs is 3. The SMILES string of the molecule is O=C(N[C@H]1C[N+]2(CC(=O)c3cccs3)CCC1CC2)OC(c1ccc(F)cc1)c1ccccc1F.[Cl-]. The highest BCUT2D eigenvalue weighted by atomic mass is 35.5. The van der Waals surface area contributed by atoms with Gasteiger partial charge in [0.05, 0.1) is 30.6 Å². The molecule has 3 aliphatic rings. The first-order valence-corrected chi connectivity index (χ1v) is 12.7. The Labute approximate surface area is 219 Å². The minimum absolute atomic E-state index is 0. The molecule has 1 amide bonds. The van der Waals surface area contributed by atoms with Crippen molar-refractivity contribution in [2.75, 3.05) is 26.2 Å². The van der Waals surface area contributed by atoms with Crippen LogP contribution in [0.15, 0.2) is 66.0 Å². The maximum Gasteiger partial charge on any atom is 0.408 e. The summed E-state index contributed by atoms with van der Waals surface area (Å²) in [7, 11) is 0. The van der Waals surface area contributed by atoms with Crippen LogP contribution in [0.4, 0.5) is 13.6 Å². The van der Waals surface area contributed by atoms with Gasteiger partial charge in [0.2, 0.25) is 5.78 Å². The summed E-state index contributed by atoms with van der Waals surface area (Å²) >= 11 is 1.45. The number of hydrogen-bond acceptors (Lipinski definition) is 4. The van der Waals surface area contributed by atoms with Crippen LogP contribution in [0, 0.1) is 17.6 Å². The molecule has 3 fully saturated rings. The van der Waals surface area contributed by atoms with Crippen molar-refractivity contribution in [3.8, 4) is 0 Å². The molecule has 1 N–H and O–H groups in total. The molecule has 1 unspecified atom stereocenters. The summed E-state index contributed by atoms with van der Waals surface area (Å²) in [5.74, 6) is -0.479. The average Bonchev–Trinajstić information content (AvgIpc) is 3.40. The lowest BCUT2D eigenvalue weighted by molar-refractivity contribution is -0.936. The lowest BCUT2D eigenvalue weighted by Crippen LogP contribution is -3.00. The number of amides is 1. The number of benzene rings is 2. The third-order valence-corrected chi connectivity index (χ3v) is 8.18. The molecule has 36 heavy (non-hydrogen) atoms. The second-order valence-corrected chi connectivity index (χ2v) is 10.4. The van der Waals surface area contributed by atoms with Crippen LogP contribution in [-0.2, 0) is 4.74 Å². The van der Waals surface area contributed by atoms with Gasteiger partial charge in [0.25, 0.3) is 0 Å². The molecule has 3 aliphatic heterocycles. The summed E-state index contributed by atoms with van der Waals surface area (Å²) in [5.41, 5.74) is 0.679. The summed E-state index contributed by atoms with van der Waals surface area (Å²) in [6.45, 7) is 2.93. The second kappa shape index (κ2) is 11.1. The number of halogens is 3. The lowest BCUT2D eigenvalue weighted by atomic mass is 9.81. The first kappa shape index (κ1) is 26.3. The first-order chi connectivity index (χ1) is 16.9. The standard InChI is InChI=1S/C27H26F2N2O3S.ClH/c28-20-9-7-19(8-10-20)26(21-4-1-2-5-22(21)29)34-27(33)30-23-16-31(13-11-18(23)12-14-31)17-24(32)25-6-3-15-35-25;/h1-10,15,18,23,26H,11-14,16-17H2;1H/t18?,23-,26?,31?;/m0./s1. The van der Waals surface area contributed by atoms with E-state index in [-0.39, 0.29) is 29.8 Å². The number of hydrogen-bond donors (Lipinski definition) is 1. The van der Waals surface area contributed by atoms with Crippen LogP contribution in [0.5, 0.6) is 0 Å². The molecule has 3 aromatic rings. The smallest absolute Gasteiger partial charge is 0.408 e. The fraction of sp³-hybridized carbons (Fsp3) is 0.333. The Morgan fingerprint density at radius 3 is 2.42 bits per heavy atom. The molecule has 9 heteroatoms.